The molecule has 0 radical (unpaired) electrons. The molecule has 2 aromatic carbocycles. The Hall–Kier alpha value is -3.21. The smallest absolute Gasteiger partial charge is 0.254 e. The van der Waals surface area contributed by atoms with Crippen molar-refractivity contribution >= 4 is 17.5 Å². The molecule has 5 nitrogen and oxygen atoms in total. The van der Waals surface area contributed by atoms with E-state index in [1.165, 1.54) is 11.1 Å². The molecule has 0 saturated carbocycles. The molecule has 1 amide bonds. The van der Waals surface area contributed by atoms with Crippen LogP contribution in [0.1, 0.15) is 34.0 Å². The molecular weight excluding hydrogens is 336 g/mol. The highest BCUT2D eigenvalue weighted by Crippen LogP contribution is 2.36. The van der Waals surface area contributed by atoms with Crippen LogP contribution in [0.3, 0.4) is 0 Å². The molecule has 0 saturated heterocycles. The van der Waals surface area contributed by atoms with Gasteiger partial charge in [-0.05, 0) is 37.5 Å². The van der Waals surface area contributed by atoms with Gasteiger partial charge in [0.15, 0.2) is 0 Å². The average Bonchev–Trinajstić information content (AvgIpc) is 3.02. The second kappa shape index (κ2) is 7.19. The molecular formula is C22H22N4O. The number of fused-ring (bicyclic) bond motifs is 1. The summed E-state index contributed by atoms with van der Waals surface area (Å²) in [6, 6.07) is 16.7. The van der Waals surface area contributed by atoms with Crippen LogP contribution in [0.15, 0.2) is 60.9 Å². The van der Waals surface area contributed by atoms with Gasteiger partial charge in [0.1, 0.15) is 0 Å². The van der Waals surface area contributed by atoms with E-state index in [1.54, 1.807) is 12.4 Å². The van der Waals surface area contributed by atoms with Crippen molar-refractivity contribution in [2.75, 3.05) is 4.90 Å². The molecule has 1 aliphatic rings. The van der Waals surface area contributed by atoms with E-state index in [2.05, 4.69) is 51.4 Å². The average molecular weight is 358 g/mol. The number of benzene rings is 2. The summed E-state index contributed by atoms with van der Waals surface area (Å²) in [5.74, 6) is 0.459. The number of anilines is 2. The zero-order valence-electron chi connectivity index (χ0n) is 15.5. The van der Waals surface area contributed by atoms with E-state index in [0.29, 0.717) is 24.1 Å². The third-order valence-corrected chi connectivity index (χ3v) is 4.86. The maximum Gasteiger partial charge on any atom is 0.254 e. The molecule has 3 aromatic rings. The zero-order valence-corrected chi connectivity index (χ0v) is 15.5. The predicted molar refractivity (Wildman–Crippen MR) is 106 cm³/mol. The molecule has 1 unspecified atom stereocenters. The number of nitrogens with one attached hydrogen (secondary N) is 1. The van der Waals surface area contributed by atoms with Gasteiger partial charge in [-0.15, -0.1) is 0 Å². The summed E-state index contributed by atoms with van der Waals surface area (Å²) >= 11 is 0. The van der Waals surface area contributed by atoms with E-state index in [0.717, 1.165) is 17.7 Å². The predicted octanol–water partition coefficient (Wildman–Crippen LogP) is 3.80. The molecule has 136 valence electrons. The number of amides is 1. The second-order valence-electron chi connectivity index (χ2n) is 7.00. The first-order valence-corrected chi connectivity index (χ1v) is 9.15. The molecule has 27 heavy (non-hydrogen) atoms. The highest BCUT2D eigenvalue weighted by molar-refractivity contribution is 5.93. The standard InChI is InChI=1S/C22H22N4O/c1-15-6-5-7-17(10-15)12-23-21(27)19-13-24-22(25-14-19)26-16(2)11-18-8-3-4-9-20(18)26/h3-10,13-14,16H,11-12H2,1-2H3,(H,23,27). The van der Waals surface area contributed by atoms with E-state index in [1.807, 2.05) is 31.2 Å². The van der Waals surface area contributed by atoms with Gasteiger partial charge in [-0.1, -0.05) is 48.0 Å². The number of carbonyl (C=O) groups is 1. The SMILES string of the molecule is Cc1cccc(CNC(=O)c2cnc(N3c4ccccc4CC3C)nc2)c1. The molecule has 1 aliphatic heterocycles. The number of carbonyl (C=O) groups excluding carboxylic acids is 1. The van der Waals surface area contributed by atoms with E-state index in [-0.39, 0.29) is 5.91 Å². The van der Waals surface area contributed by atoms with Crippen LogP contribution in [0.4, 0.5) is 11.6 Å². The lowest BCUT2D eigenvalue weighted by atomic mass is 10.1. The molecule has 1 N–H and O–H groups in total. The molecule has 0 bridgehead atoms. The van der Waals surface area contributed by atoms with Gasteiger partial charge in [-0.3, -0.25) is 4.79 Å². The maximum atomic E-state index is 12.4. The fraction of sp³-hybridized carbons (Fsp3) is 0.227. The lowest BCUT2D eigenvalue weighted by Gasteiger charge is -2.22. The van der Waals surface area contributed by atoms with Crippen LogP contribution in [0, 0.1) is 6.92 Å². The Morgan fingerprint density at radius 3 is 2.70 bits per heavy atom. The van der Waals surface area contributed by atoms with Gasteiger partial charge in [0.2, 0.25) is 5.95 Å². The van der Waals surface area contributed by atoms with Crippen molar-refractivity contribution in [3.63, 3.8) is 0 Å². The molecule has 0 aliphatic carbocycles. The van der Waals surface area contributed by atoms with E-state index in [9.17, 15) is 4.79 Å². The monoisotopic (exact) mass is 358 g/mol. The summed E-state index contributed by atoms with van der Waals surface area (Å²) in [7, 11) is 0. The Labute approximate surface area is 159 Å². The van der Waals surface area contributed by atoms with Crippen LogP contribution < -0.4 is 10.2 Å². The lowest BCUT2D eigenvalue weighted by Crippen LogP contribution is -2.27. The van der Waals surface area contributed by atoms with Crippen LogP contribution in [0.25, 0.3) is 0 Å². The highest BCUT2D eigenvalue weighted by atomic mass is 16.1. The minimum absolute atomic E-state index is 0.169. The topological polar surface area (TPSA) is 58.1 Å². The van der Waals surface area contributed by atoms with Gasteiger partial charge < -0.3 is 10.2 Å². The summed E-state index contributed by atoms with van der Waals surface area (Å²) in [4.78, 5) is 23.4. The Balaban J connectivity index is 1.47. The number of nitrogens with zero attached hydrogens (tertiary/aromatic N) is 3. The molecule has 5 heteroatoms. The van der Waals surface area contributed by atoms with Gasteiger partial charge in [0.05, 0.1) is 5.56 Å². The van der Waals surface area contributed by atoms with Crippen molar-refractivity contribution in [1.82, 2.24) is 15.3 Å². The first kappa shape index (κ1) is 17.2. The summed E-state index contributed by atoms with van der Waals surface area (Å²) in [5, 5.41) is 2.92. The second-order valence-corrected chi connectivity index (χ2v) is 7.00. The number of hydrogen-bond acceptors (Lipinski definition) is 4. The number of hydrogen-bond donors (Lipinski definition) is 1. The lowest BCUT2D eigenvalue weighted by molar-refractivity contribution is 0.0950. The van der Waals surface area contributed by atoms with Gasteiger partial charge >= 0.3 is 0 Å². The van der Waals surface area contributed by atoms with Crippen molar-refractivity contribution in [3.05, 3.63) is 83.2 Å². The normalized spacial score (nSPS) is 15.5. The summed E-state index contributed by atoms with van der Waals surface area (Å²) in [6.45, 7) is 4.68. The van der Waals surface area contributed by atoms with Gasteiger partial charge in [-0.25, -0.2) is 9.97 Å². The van der Waals surface area contributed by atoms with Crippen LogP contribution in [-0.2, 0) is 13.0 Å². The Morgan fingerprint density at radius 1 is 1.15 bits per heavy atom. The minimum Gasteiger partial charge on any atom is -0.348 e. The van der Waals surface area contributed by atoms with Crippen LogP contribution in [0.2, 0.25) is 0 Å². The van der Waals surface area contributed by atoms with Crippen LogP contribution in [0.5, 0.6) is 0 Å². The van der Waals surface area contributed by atoms with Gasteiger partial charge in [0.25, 0.3) is 5.91 Å². The Morgan fingerprint density at radius 2 is 1.93 bits per heavy atom. The van der Waals surface area contributed by atoms with Crippen molar-refractivity contribution in [2.24, 2.45) is 0 Å². The molecule has 2 heterocycles. The summed E-state index contributed by atoms with van der Waals surface area (Å²) < 4.78 is 0. The number of aromatic nitrogens is 2. The van der Waals surface area contributed by atoms with Gasteiger partial charge in [-0.2, -0.15) is 0 Å². The van der Waals surface area contributed by atoms with Crippen molar-refractivity contribution in [1.29, 1.82) is 0 Å². The third-order valence-electron chi connectivity index (χ3n) is 4.86. The van der Waals surface area contributed by atoms with Crippen LogP contribution >= 0.6 is 0 Å². The molecule has 4 rings (SSSR count). The van der Waals surface area contributed by atoms with Gasteiger partial charge in [0, 0.05) is 30.7 Å². The van der Waals surface area contributed by atoms with E-state index < -0.39 is 0 Å². The Bertz CT molecular complexity index is 968. The van der Waals surface area contributed by atoms with Crippen molar-refractivity contribution in [2.45, 2.75) is 32.9 Å². The first-order valence-electron chi connectivity index (χ1n) is 9.15. The third kappa shape index (κ3) is 3.53. The van der Waals surface area contributed by atoms with Crippen molar-refractivity contribution < 1.29 is 4.79 Å². The summed E-state index contributed by atoms with van der Waals surface area (Å²) in [6.07, 6.45) is 4.17. The fourth-order valence-electron chi connectivity index (χ4n) is 3.54. The van der Waals surface area contributed by atoms with Crippen molar-refractivity contribution in [3.8, 4) is 0 Å². The molecule has 0 fully saturated rings. The number of aryl methyl sites for hydroxylation is 1. The maximum absolute atomic E-state index is 12.4. The van der Waals surface area contributed by atoms with E-state index >= 15 is 0 Å². The summed E-state index contributed by atoms with van der Waals surface area (Å²) in [5.41, 5.74) is 5.15. The highest BCUT2D eigenvalue weighted by Gasteiger charge is 2.28. The minimum atomic E-state index is -0.169. The molecule has 1 atom stereocenters. The largest absolute Gasteiger partial charge is 0.348 e. The molecule has 0 spiro atoms. The Kier molecular flexibility index (Phi) is 4.59. The first-order chi connectivity index (χ1) is 13.1. The van der Waals surface area contributed by atoms with E-state index in [4.69, 9.17) is 0 Å². The molecule has 1 aromatic heterocycles. The quantitative estimate of drug-likeness (QED) is 0.771. The number of rotatable bonds is 4. The van der Waals surface area contributed by atoms with Crippen LogP contribution in [-0.4, -0.2) is 21.9 Å². The fourth-order valence-corrected chi connectivity index (χ4v) is 3.54. The zero-order chi connectivity index (χ0) is 18.8. The number of para-hydroxylation sites is 1.